The van der Waals surface area contributed by atoms with Crippen molar-refractivity contribution in [3.05, 3.63) is 46.0 Å². The fourth-order valence-corrected chi connectivity index (χ4v) is 4.14. The van der Waals surface area contributed by atoms with E-state index in [9.17, 15) is 19.5 Å². The van der Waals surface area contributed by atoms with Crippen molar-refractivity contribution in [1.29, 1.82) is 0 Å². The van der Waals surface area contributed by atoms with Crippen LogP contribution in [0.25, 0.3) is 0 Å². The van der Waals surface area contributed by atoms with Gasteiger partial charge in [0, 0.05) is 17.9 Å². The predicted molar refractivity (Wildman–Crippen MR) is 114 cm³/mol. The number of Topliss-reactive ketones (excluding diaryl/α,β-unsaturated/α-hetero) is 1. The minimum atomic E-state index is -1.68. The van der Waals surface area contributed by atoms with Gasteiger partial charge >= 0.3 is 5.97 Å². The van der Waals surface area contributed by atoms with Crippen LogP contribution in [0.1, 0.15) is 58.4 Å². The first-order valence-electron chi connectivity index (χ1n) is 9.71. The number of hydrogen-bond acceptors (Lipinski definition) is 3. The second-order valence-electron chi connectivity index (χ2n) is 8.02. The maximum Gasteiger partial charge on any atom is 0.334 e. The molecule has 1 saturated heterocycles. The second-order valence-corrected chi connectivity index (χ2v) is 8.84. The highest BCUT2D eigenvalue weighted by Gasteiger charge is 2.55. The van der Waals surface area contributed by atoms with Gasteiger partial charge in [0.05, 0.1) is 10.0 Å². The van der Waals surface area contributed by atoms with Gasteiger partial charge in [-0.05, 0) is 43.9 Å². The monoisotopic (exact) mass is 439 g/mol. The van der Waals surface area contributed by atoms with Crippen molar-refractivity contribution in [2.45, 2.75) is 58.4 Å². The molecule has 1 aromatic carbocycles. The first-order valence-corrected chi connectivity index (χ1v) is 10.5. The van der Waals surface area contributed by atoms with Crippen molar-refractivity contribution >= 4 is 40.9 Å². The maximum absolute atomic E-state index is 13.2. The largest absolute Gasteiger partial charge is 0.479 e. The fraction of sp³-hybridized carbons (Fsp3) is 0.500. The van der Waals surface area contributed by atoms with E-state index in [1.807, 2.05) is 6.92 Å². The lowest BCUT2D eigenvalue weighted by Gasteiger charge is -2.48. The highest BCUT2D eigenvalue weighted by atomic mass is 35.5. The van der Waals surface area contributed by atoms with Crippen LogP contribution in [0.2, 0.25) is 10.0 Å². The predicted octanol–water partition coefficient (Wildman–Crippen LogP) is 5.10. The highest BCUT2D eigenvalue weighted by molar-refractivity contribution is 6.42. The Labute approximate surface area is 181 Å². The van der Waals surface area contributed by atoms with Crippen molar-refractivity contribution < 1.29 is 19.5 Å². The molecule has 1 aromatic rings. The molecule has 0 bridgehead atoms. The summed E-state index contributed by atoms with van der Waals surface area (Å²) in [5.74, 6) is -3.09. The average Bonchev–Trinajstić information content (AvgIpc) is 2.69. The molecule has 0 aliphatic carbocycles. The van der Waals surface area contributed by atoms with Gasteiger partial charge in [-0.3, -0.25) is 9.59 Å². The number of piperidine rings is 1. The number of halogens is 2. The first kappa shape index (κ1) is 23.4. The number of likely N-dealkylation sites (tertiary alicyclic amines) is 1. The number of amides is 1. The fourth-order valence-electron chi connectivity index (χ4n) is 3.83. The van der Waals surface area contributed by atoms with E-state index in [0.717, 1.165) is 0 Å². The molecule has 7 heteroatoms. The van der Waals surface area contributed by atoms with Crippen LogP contribution >= 0.6 is 23.2 Å². The van der Waals surface area contributed by atoms with Gasteiger partial charge in [0.2, 0.25) is 5.78 Å². The van der Waals surface area contributed by atoms with Crippen LogP contribution in [0.4, 0.5) is 0 Å². The number of allylic oxidation sites excluding steroid dienone is 1. The number of aliphatic carboxylic acids is 1. The molecule has 1 N–H and O–H groups in total. The summed E-state index contributed by atoms with van der Waals surface area (Å²) in [6.45, 7) is 7.12. The molecule has 2 atom stereocenters. The van der Waals surface area contributed by atoms with Gasteiger partial charge in [-0.25, -0.2) is 4.79 Å². The van der Waals surface area contributed by atoms with Crippen LogP contribution in [0.15, 0.2) is 30.4 Å². The molecule has 29 heavy (non-hydrogen) atoms. The average molecular weight is 440 g/mol. The SMILES string of the molecule is CC=CC1(C(=O)O)C(c2ccc(Cl)c(Cl)c2)CCCN1C(=O)C(=O)C(C)(C)CC. The summed E-state index contributed by atoms with van der Waals surface area (Å²) >= 11 is 12.2. The molecule has 1 amide bonds. The zero-order valence-electron chi connectivity index (χ0n) is 17.2. The summed E-state index contributed by atoms with van der Waals surface area (Å²) in [7, 11) is 0. The molecule has 1 aliphatic rings. The number of carbonyl (C=O) groups excluding carboxylic acids is 2. The number of hydrogen-bond donors (Lipinski definition) is 1. The molecule has 0 saturated carbocycles. The molecular weight excluding hydrogens is 413 g/mol. The Hall–Kier alpha value is -1.85. The highest BCUT2D eigenvalue weighted by Crippen LogP contribution is 2.44. The molecule has 2 rings (SSSR count). The van der Waals surface area contributed by atoms with Crippen LogP contribution in [-0.2, 0) is 14.4 Å². The van der Waals surface area contributed by atoms with Gasteiger partial charge in [0.25, 0.3) is 5.91 Å². The molecular formula is C22H27Cl2NO4. The summed E-state index contributed by atoms with van der Waals surface area (Å²) < 4.78 is 0. The second kappa shape index (κ2) is 8.88. The maximum atomic E-state index is 13.2. The van der Waals surface area contributed by atoms with Crippen LogP contribution in [0.3, 0.4) is 0 Å². The zero-order valence-corrected chi connectivity index (χ0v) is 18.7. The number of nitrogens with zero attached hydrogens (tertiary/aromatic N) is 1. The molecule has 0 radical (unpaired) electrons. The third kappa shape index (κ3) is 4.22. The molecule has 158 valence electrons. The van der Waals surface area contributed by atoms with E-state index in [1.165, 1.54) is 11.0 Å². The van der Waals surface area contributed by atoms with Crippen molar-refractivity contribution in [2.75, 3.05) is 6.54 Å². The lowest BCUT2D eigenvalue weighted by Crippen LogP contribution is -2.64. The van der Waals surface area contributed by atoms with E-state index in [1.54, 1.807) is 45.0 Å². The van der Waals surface area contributed by atoms with E-state index in [-0.39, 0.29) is 6.54 Å². The van der Waals surface area contributed by atoms with Gasteiger partial charge in [-0.1, -0.05) is 62.2 Å². The van der Waals surface area contributed by atoms with Crippen LogP contribution < -0.4 is 0 Å². The van der Waals surface area contributed by atoms with E-state index in [0.29, 0.717) is 34.9 Å². The quantitative estimate of drug-likeness (QED) is 0.493. The van der Waals surface area contributed by atoms with Gasteiger partial charge < -0.3 is 10.0 Å². The standard InChI is InChI=1S/C22H27Cl2NO4/c1-5-11-22(20(28)29)15(14-9-10-16(23)17(24)13-14)8-7-12-25(22)19(27)18(26)21(3,4)6-2/h5,9-11,13,15H,6-8,12H2,1-4H3,(H,28,29). The Morgan fingerprint density at radius 3 is 2.45 bits per heavy atom. The van der Waals surface area contributed by atoms with E-state index >= 15 is 0 Å². The van der Waals surface area contributed by atoms with Crippen LogP contribution in [0.5, 0.6) is 0 Å². The third-order valence-electron chi connectivity index (χ3n) is 5.90. The van der Waals surface area contributed by atoms with Gasteiger partial charge in [-0.15, -0.1) is 0 Å². The zero-order chi connectivity index (χ0) is 22.0. The molecule has 1 fully saturated rings. The summed E-state index contributed by atoms with van der Waals surface area (Å²) in [6.07, 6.45) is 4.70. The van der Waals surface area contributed by atoms with Crippen molar-refractivity contribution in [3.63, 3.8) is 0 Å². The Kier molecular flexibility index (Phi) is 7.18. The number of ketones is 1. The minimum Gasteiger partial charge on any atom is -0.479 e. The Morgan fingerprint density at radius 1 is 1.28 bits per heavy atom. The minimum absolute atomic E-state index is 0.193. The smallest absolute Gasteiger partial charge is 0.334 e. The van der Waals surface area contributed by atoms with Crippen LogP contribution in [-0.4, -0.2) is 39.7 Å². The van der Waals surface area contributed by atoms with Crippen molar-refractivity contribution in [2.24, 2.45) is 5.41 Å². The van der Waals surface area contributed by atoms with E-state index in [2.05, 4.69) is 0 Å². The normalized spacial score (nSPS) is 22.7. The van der Waals surface area contributed by atoms with Crippen molar-refractivity contribution in [1.82, 2.24) is 4.90 Å². The summed E-state index contributed by atoms with van der Waals surface area (Å²) in [5, 5.41) is 11.0. The topological polar surface area (TPSA) is 74.7 Å². The summed E-state index contributed by atoms with van der Waals surface area (Å²) in [5.41, 5.74) is -1.88. The van der Waals surface area contributed by atoms with E-state index < -0.39 is 34.5 Å². The Morgan fingerprint density at radius 2 is 1.93 bits per heavy atom. The van der Waals surface area contributed by atoms with Gasteiger partial charge in [0.1, 0.15) is 0 Å². The summed E-state index contributed by atoms with van der Waals surface area (Å²) in [4.78, 5) is 40.0. The van der Waals surface area contributed by atoms with Crippen molar-refractivity contribution in [3.8, 4) is 0 Å². The molecule has 5 nitrogen and oxygen atoms in total. The number of benzene rings is 1. The third-order valence-corrected chi connectivity index (χ3v) is 6.64. The first-order chi connectivity index (χ1) is 13.5. The van der Waals surface area contributed by atoms with Crippen LogP contribution in [0, 0.1) is 5.41 Å². The number of rotatable bonds is 6. The lowest BCUT2D eigenvalue weighted by molar-refractivity contribution is -0.164. The van der Waals surface area contributed by atoms with Gasteiger partial charge in [0.15, 0.2) is 5.54 Å². The number of carboxylic acids is 1. The van der Waals surface area contributed by atoms with Gasteiger partial charge in [-0.2, -0.15) is 0 Å². The number of carbonyl (C=O) groups is 3. The Bertz CT molecular complexity index is 849. The molecule has 0 aromatic heterocycles. The molecule has 1 aliphatic heterocycles. The molecule has 0 spiro atoms. The van der Waals surface area contributed by atoms with E-state index in [4.69, 9.17) is 23.2 Å². The lowest BCUT2D eigenvalue weighted by atomic mass is 9.71. The molecule has 2 unspecified atom stereocenters. The molecule has 1 heterocycles. The Balaban J connectivity index is 2.64. The number of carboxylic acid groups (broad SMARTS) is 1. The summed E-state index contributed by atoms with van der Waals surface area (Å²) in [6, 6.07) is 4.99.